The van der Waals surface area contributed by atoms with Gasteiger partial charge < -0.3 is 4.42 Å². The molecule has 3 aromatic carbocycles. The van der Waals surface area contributed by atoms with E-state index in [1.54, 1.807) is 12.1 Å². The second kappa shape index (κ2) is 7.05. The van der Waals surface area contributed by atoms with Crippen molar-refractivity contribution in [2.75, 3.05) is 0 Å². The molecule has 6 heteroatoms. The highest BCUT2D eigenvalue weighted by atomic mass is 32.1. The average molecular weight is 451 g/mol. The number of oxazole rings is 1. The number of allylic oxidation sites excluding steroid dienone is 1. The van der Waals surface area contributed by atoms with Crippen LogP contribution in [0.1, 0.15) is 43.3 Å². The Morgan fingerprint density at radius 1 is 0.848 bits per heavy atom. The first-order valence-electron chi connectivity index (χ1n) is 10.6. The molecule has 33 heavy (non-hydrogen) atoms. The van der Waals surface area contributed by atoms with Gasteiger partial charge in [-0.2, -0.15) is 9.97 Å². The maximum atomic E-state index is 13.0. The van der Waals surface area contributed by atoms with Gasteiger partial charge in [0.2, 0.25) is 5.89 Å². The van der Waals surface area contributed by atoms with Crippen molar-refractivity contribution in [1.29, 1.82) is 0 Å². The smallest absolute Gasteiger partial charge is 0.259 e. The van der Waals surface area contributed by atoms with Crippen molar-refractivity contribution in [2.24, 2.45) is 0 Å². The molecule has 5 aromatic rings. The predicted molar refractivity (Wildman–Crippen MR) is 130 cm³/mol. The van der Waals surface area contributed by atoms with Gasteiger partial charge in [0.05, 0.1) is 5.57 Å². The van der Waals surface area contributed by atoms with Crippen LogP contribution in [0.3, 0.4) is 0 Å². The molecule has 0 fully saturated rings. The van der Waals surface area contributed by atoms with Crippen molar-refractivity contribution in [3.05, 3.63) is 87.8 Å². The number of aromatic nitrogens is 2. The summed E-state index contributed by atoms with van der Waals surface area (Å²) in [4.78, 5) is 35.7. The number of hydrogen-bond acceptors (Lipinski definition) is 6. The van der Waals surface area contributed by atoms with Crippen LogP contribution in [-0.2, 0) is 0 Å². The van der Waals surface area contributed by atoms with Crippen LogP contribution in [-0.4, -0.2) is 21.5 Å². The number of hydrogen-bond donors (Lipinski definition) is 0. The van der Waals surface area contributed by atoms with Gasteiger partial charge in [-0.3, -0.25) is 9.59 Å². The number of thiazole rings is 1. The summed E-state index contributed by atoms with van der Waals surface area (Å²) in [5.74, 6) is -0.398. The molecule has 6 rings (SSSR count). The quantitative estimate of drug-likeness (QED) is 0.227. The van der Waals surface area contributed by atoms with Gasteiger partial charge in [0.25, 0.3) is 5.71 Å². The Bertz CT molecular complexity index is 1580. The second-order valence-corrected chi connectivity index (χ2v) is 9.39. The minimum Gasteiger partial charge on any atom is -0.417 e. The zero-order valence-electron chi connectivity index (χ0n) is 18.2. The van der Waals surface area contributed by atoms with E-state index in [0.29, 0.717) is 21.7 Å². The Balaban J connectivity index is 1.39. The summed E-state index contributed by atoms with van der Waals surface area (Å²) in [5.41, 5.74) is 5.91. The minimum atomic E-state index is -0.304. The molecule has 0 unspecified atom stereocenters. The number of aryl methyl sites for hydroxylation is 3. The Labute approximate surface area is 193 Å². The van der Waals surface area contributed by atoms with Gasteiger partial charge in [-0.25, -0.2) is 0 Å². The molecular formula is C27H18N2O3S. The van der Waals surface area contributed by atoms with Crippen LogP contribution in [0.15, 0.2) is 58.5 Å². The maximum absolute atomic E-state index is 13.0. The van der Waals surface area contributed by atoms with Crippen LogP contribution in [0.4, 0.5) is 0 Å². The van der Waals surface area contributed by atoms with Gasteiger partial charge in [-0.1, -0.05) is 53.3 Å². The first-order chi connectivity index (χ1) is 15.9. The highest BCUT2D eigenvalue weighted by Gasteiger charge is 2.34. The molecule has 160 valence electrons. The number of rotatable bonds is 2. The van der Waals surface area contributed by atoms with Crippen LogP contribution in [0, 0.1) is 20.8 Å². The van der Waals surface area contributed by atoms with E-state index in [2.05, 4.69) is 42.9 Å². The molecular weight excluding hydrogens is 432 g/mol. The lowest BCUT2D eigenvalue weighted by molar-refractivity contribution is 0.0990. The van der Waals surface area contributed by atoms with E-state index in [4.69, 9.17) is 4.42 Å². The third-order valence-corrected chi connectivity index (χ3v) is 6.96. The van der Waals surface area contributed by atoms with Gasteiger partial charge in [-0.05, 0) is 54.8 Å². The fourth-order valence-corrected chi connectivity index (χ4v) is 5.65. The summed E-state index contributed by atoms with van der Waals surface area (Å²) in [7, 11) is 0. The molecule has 0 spiro atoms. The SMILES string of the molecule is Cc1cc(C)c(-c2nc3oc(C=C4C(=O)c5cc6ccccc6cc5C4=O)nc3s2)c(C)c1. The molecule has 2 aromatic heterocycles. The summed E-state index contributed by atoms with van der Waals surface area (Å²) in [6, 6.07) is 15.5. The van der Waals surface area contributed by atoms with E-state index in [-0.39, 0.29) is 23.0 Å². The van der Waals surface area contributed by atoms with E-state index < -0.39 is 0 Å². The summed E-state index contributed by atoms with van der Waals surface area (Å²) >= 11 is 1.44. The average Bonchev–Trinajstić information content (AvgIpc) is 3.39. The molecule has 1 aliphatic rings. The molecule has 0 amide bonds. The first-order valence-corrected chi connectivity index (χ1v) is 11.4. The maximum Gasteiger partial charge on any atom is 0.259 e. The standard InChI is InChI=1S/C27H18N2O3S/c1-13-8-14(2)22(15(3)9-13)26-29-25-27(33-26)28-21(32-25)12-20-23(30)18-10-16-6-4-5-7-17(16)11-19(18)24(20)31/h4-12H,1-3H3. The molecule has 0 N–H and O–H groups in total. The number of fused-ring (bicyclic) bond motifs is 3. The summed E-state index contributed by atoms with van der Waals surface area (Å²) in [6.45, 7) is 6.21. The van der Waals surface area contributed by atoms with E-state index in [0.717, 1.165) is 32.5 Å². The van der Waals surface area contributed by atoms with Crippen molar-refractivity contribution in [3.63, 3.8) is 0 Å². The molecule has 0 saturated carbocycles. The summed E-state index contributed by atoms with van der Waals surface area (Å²) < 4.78 is 5.82. The van der Waals surface area contributed by atoms with E-state index >= 15 is 0 Å². The lowest BCUT2D eigenvalue weighted by atomic mass is 10.0. The largest absolute Gasteiger partial charge is 0.417 e. The van der Waals surface area contributed by atoms with Crippen LogP contribution in [0.2, 0.25) is 0 Å². The number of Topliss-reactive ketones (excluding diaryl/α,β-unsaturated/α-hetero) is 2. The molecule has 0 radical (unpaired) electrons. The topological polar surface area (TPSA) is 73.1 Å². The van der Waals surface area contributed by atoms with Gasteiger partial charge >= 0.3 is 0 Å². The van der Waals surface area contributed by atoms with Gasteiger partial charge in [0.1, 0.15) is 5.01 Å². The van der Waals surface area contributed by atoms with Crippen molar-refractivity contribution < 1.29 is 14.0 Å². The van der Waals surface area contributed by atoms with E-state index in [1.165, 1.54) is 23.0 Å². The molecule has 0 saturated heterocycles. The van der Waals surface area contributed by atoms with Gasteiger partial charge in [0.15, 0.2) is 16.4 Å². The fraction of sp³-hybridized carbons (Fsp3) is 0.111. The highest BCUT2D eigenvalue weighted by molar-refractivity contribution is 7.21. The predicted octanol–water partition coefficient (Wildman–Crippen LogP) is 6.49. The van der Waals surface area contributed by atoms with Crippen molar-refractivity contribution in [3.8, 4) is 10.6 Å². The monoisotopic (exact) mass is 450 g/mol. The van der Waals surface area contributed by atoms with Crippen LogP contribution in [0.25, 0.3) is 38.0 Å². The van der Waals surface area contributed by atoms with Gasteiger partial charge in [0, 0.05) is 22.8 Å². The Morgan fingerprint density at radius 2 is 1.45 bits per heavy atom. The molecule has 2 heterocycles. The third-order valence-electron chi connectivity index (χ3n) is 6.02. The van der Waals surface area contributed by atoms with Crippen LogP contribution < -0.4 is 0 Å². The van der Waals surface area contributed by atoms with Gasteiger partial charge in [-0.15, -0.1) is 0 Å². The molecule has 0 aliphatic heterocycles. The normalized spacial score (nSPS) is 13.4. The lowest BCUT2D eigenvalue weighted by Crippen LogP contribution is -2.00. The minimum absolute atomic E-state index is 0.0691. The number of carbonyl (C=O) groups is 2. The second-order valence-electron chi connectivity index (χ2n) is 8.42. The van der Waals surface area contributed by atoms with E-state index in [1.807, 2.05) is 24.3 Å². The van der Waals surface area contributed by atoms with Crippen molar-refractivity contribution in [1.82, 2.24) is 9.97 Å². The van der Waals surface area contributed by atoms with E-state index in [9.17, 15) is 9.59 Å². The van der Waals surface area contributed by atoms with Crippen molar-refractivity contribution >= 4 is 50.3 Å². The number of carbonyl (C=O) groups excluding carboxylic acids is 2. The van der Waals surface area contributed by atoms with Crippen molar-refractivity contribution in [2.45, 2.75) is 20.8 Å². The summed E-state index contributed by atoms with van der Waals surface area (Å²) in [6.07, 6.45) is 1.44. The molecule has 0 bridgehead atoms. The Hall–Kier alpha value is -3.90. The number of nitrogens with zero attached hydrogens (tertiary/aromatic N) is 2. The zero-order valence-corrected chi connectivity index (χ0v) is 19.0. The number of benzene rings is 3. The Kier molecular flexibility index (Phi) is 4.22. The fourth-order valence-electron chi connectivity index (χ4n) is 4.61. The first kappa shape index (κ1) is 19.8. The molecule has 1 aliphatic carbocycles. The lowest BCUT2D eigenvalue weighted by Gasteiger charge is -2.08. The number of ketones is 2. The van der Waals surface area contributed by atoms with Crippen LogP contribution in [0.5, 0.6) is 0 Å². The summed E-state index contributed by atoms with van der Waals surface area (Å²) in [5, 5.41) is 2.69. The molecule has 5 nitrogen and oxygen atoms in total. The third kappa shape index (κ3) is 3.06. The zero-order chi connectivity index (χ0) is 22.9. The van der Waals surface area contributed by atoms with Crippen LogP contribution >= 0.6 is 11.3 Å². The highest BCUT2D eigenvalue weighted by Crippen LogP contribution is 2.36. The Morgan fingerprint density at radius 3 is 2.03 bits per heavy atom. The molecule has 0 atom stereocenters.